The third-order valence-electron chi connectivity index (χ3n) is 7.36. The number of aliphatic hydroxyl groups excluding tert-OH is 1. The lowest BCUT2D eigenvalue weighted by Gasteiger charge is -2.34. The molecule has 1 heterocycles. The zero-order valence-electron chi connectivity index (χ0n) is 24.7. The van der Waals surface area contributed by atoms with Gasteiger partial charge < -0.3 is 29.7 Å². The second-order valence-corrected chi connectivity index (χ2v) is 12.4. The maximum absolute atomic E-state index is 13.5. The van der Waals surface area contributed by atoms with Crippen LogP contribution in [0, 0.1) is 5.92 Å². The Balaban J connectivity index is 1.61. The Morgan fingerprint density at radius 3 is 2.47 bits per heavy atom. The molecular weight excluding hydrogens is 572 g/mol. The maximum atomic E-state index is 13.5. The van der Waals surface area contributed by atoms with Gasteiger partial charge in [0.1, 0.15) is 17.6 Å². The molecule has 0 radical (unpaired) electrons. The number of amides is 3. The fourth-order valence-electron chi connectivity index (χ4n) is 4.77. The van der Waals surface area contributed by atoms with E-state index in [0.29, 0.717) is 29.3 Å². The SMILES string of the molecule is COc1ccc(S(=O)(=O)Nc2ccc3c(c2)CC(=O)N([C@@H](C)CO)C[C@H](C)[C@@H](CN(C)C(=O)Nc2ccccc2)O3)cc1. The molecule has 0 aromatic heterocycles. The number of urea groups is 1. The van der Waals surface area contributed by atoms with Crippen LogP contribution in [0.2, 0.25) is 0 Å². The number of carbonyl (C=O) groups is 2. The van der Waals surface area contributed by atoms with Crippen molar-refractivity contribution >= 4 is 33.3 Å². The summed E-state index contributed by atoms with van der Waals surface area (Å²) < 4.78 is 40.3. The van der Waals surface area contributed by atoms with E-state index < -0.39 is 22.2 Å². The summed E-state index contributed by atoms with van der Waals surface area (Å²) in [5.41, 5.74) is 1.40. The molecule has 0 saturated carbocycles. The van der Waals surface area contributed by atoms with Crippen molar-refractivity contribution in [3.8, 4) is 11.5 Å². The van der Waals surface area contributed by atoms with E-state index in [-0.39, 0.29) is 48.0 Å². The number of rotatable bonds is 9. The normalized spacial score (nSPS) is 17.8. The molecule has 0 bridgehead atoms. The third kappa shape index (κ3) is 7.96. The topological polar surface area (TPSA) is 138 Å². The van der Waals surface area contributed by atoms with Crippen LogP contribution in [0.4, 0.5) is 16.2 Å². The lowest BCUT2D eigenvalue weighted by molar-refractivity contribution is -0.134. The average molecular weight is 611 g/mol. The van der Waals surface area contributed by atoms with Crippen molar-refractivity contribution in [1.29, 1.82) is 0 Å². The summed E-state index contributed by atoms with van der Waals surface area (Å²) in [5.74, 6) is 0.488. The molecule has 0 saturated heterocycles. The highest BCUT2D eigenvalue weighted by Crippen LogP contribution is 2.30. The molecule has 1 aliphatic heterocycles. The molecule has 3 atom stereocenters. The second-order valence-electron chi connectivity index (χ2n) is 10.7. The van der Waals surface area contributed by atoms with Gasteiger partial charge in [-0.1, -0.05) is 25.1 Å². The fraction of sp³-hybridized carbons (Fsp3) is 0.355. The number of anilines is 2. The van der Waals surface area contributed by atoms with E-state index in [4.69, 9.17) is 9.47 Å². The fourth-order valence-corrected chi connectivity index (χ4v) is 5.82. The molecular formula is C31H38N4O7S. The predicted octanol–water partition coefficient (Wildman–Crippen LogP) is 3.81. The van der Waals surface area contributed by atoms with Gasteiger partial charge in [-0.3, -0.25) is 9.52 Å². The molecule has 11 nitrogen and oxygen atoms in total. The van der Waals surface area contributed by atoms with Crippen molar-refractivity contribution in [3.63, 3.8) is 0 Å². The molecule has 43 heavy (non-hydrogen) atoms. The van der Waals surface area contributed by atoms with E-state index in [2.05, 4.69) is 10.0 Å². The van der Waals surface area contributed by atoms with E-state index in [1.54, 1.807) is 61.3 Å². The highest BCUT2D eigenvalue weighted by Gasteiger charge is 2.32. The molecule has 3 aromatic carbocycles. The minimum atomic E-state index is -3.93. The number of benzene rings is 3. The number of hydrogen-bond donors (Lipinski definition) is 3. The van der Waals surface area contributed by atoms with Crippen molar-refractivity contribution in [2.24, 2.45) is 5.92 Å². The lowest BCUT2D eigenvalue weighted by atomic mass is 10.0. The molecule has 1 aliphatic rings. The second kappa shape index (κ2) is 13.8. The van der Waals surface area contributed by atoms with Crippen LogP contribution in [-0.2, 0) is 21.2 Å². The molecule has 3 N–H and O–H groups in total. The van der Waals surface area contributed by atoms with Gasteiger partial charge in [0.05, 0.1) is 37.6 Å². The number of aliphatic hydroxyl groups is 1. The number of hydrogen-bond acceptors (Lipinski definition) is 7. The first-order chi connectivity index (χ1) is 20.5. The van der Waals surface area contributed by atoms with Crippen molar-refractivity contribution in [2.45, 2.75) is 37.3 Å². The highest BCUT2D eigenvalue weighted by molar-refractivity contribution is 7.92. The van der Waals surface area contributed by atoms with Crippen LogP contribution < -0.4 is 19.5 Å². The van der Waals surface area contributed by atoms with E-state index in [9.17, 15) is 23.1 Å². The molecule has 3 aromatic rings. The summed E-state index contributed by atoms with van der Waals surface area (Å²) in [6, 6.07) is 19.1. The van der Waals surface area contributed by atoms with Gasteiger partial charge in [-0.15, -0.1) is 0 Å². The molecule has 0 aliphatic carbocycles. The van der Waals surface area contributed by atoms with Crippen molar-refractivity contribution in [3.05, 3.63) is 78.4 Å². The van der Waals surface area contributed by atoms with Gasteiger partial charge in [0, 0.05) is 36.4 Å². The van der Waals surface area contributed by atoms with Crippen LogP contribution in [0.3, 0.4) is 0 Å². The summed E-state index contributed by atoms with van der Waals surface area (Å²) in [7, 11) is -0.765. The zero-order valence-corrected chi connectivity index (χ0v) is 25.5. The molecule has 4 rings (SSSR count). The number of nitrogens with one attached hydrogen (secondary N) is 2. The number of likely N-dealkylation sites (N-methyl/N-ethyl adjacent to an activating group) is 1. The molecule has 12 heteroatoms. The van der Waals surface area contributed by atoms with Gasteiger partial charge in [0.15, 0.2) is 0 Å². The quantitative estimate of drug-likeness (QED) is 0.335. The van der Waals surface area contributed by atoms with Crippen molar-refractivity contribution in [2.75, 3.05) is 43.9 Å². The molecule has 3 amide bonds. The summed E-state index contributed by atoms with van der Waals surface area (Å²) in [6.45, 7) is 3.97. The van der Waals surface area contributed by atoms with Gasteiger partial charge in [0.2, 0.25) is 5.91 Å². The van der Waals surface area contributed by atoms with Crippen LogP contribution in [-0.4, -0.2) is 81.3 Å². The number of para-hydroxylation sites is 1. The van der Waals surface area contributed by atoms with Crippen LogP contribution in [0.15, 0.2) is 77.7 Å². The first kappa shape index (κ1) is 31.6. The van der Waals surface area contributed by atoms with E-state index in [0.717, 1.165) is 0 Å². The van der Waals surface area contributed by atoms with Crippen LogP contribution in [0.5, 0.6) is 11.5 Å². The standard InChI is InChI=1S/C31H38N4O7S/c1-21-18-35(22(2)20-36)30(37)17-23-16-25(33-43(39,40)27-13-11-26(41-4)12-14-27)10-15-28(23)42-29(21)19-34(3)31(38)32-24-8-6-5-7-9-24/h5-16,21-22,29,33,36H,17-20H2,1-4H3,(H,32,38)/t21-,22-,29+/m0/s1. The van der Waals surface area contributed by atoms with Gasteiger partial charge in [-0.05, 0) is 61.5 Å². The van der Waals surface area contributed by atoms with Gasteiger partial charge >= 0.3 is 6.03 Å². The van der Waals surface area contributed by atoms with Crippen LogP contribution >= 0.6 is 0 Å². The Hall–Kier alpha value is -4.29. The molecule has 0 unspecified atom stereocenters. The molecule has 0 fully saturated rings. The summed E-state index contributed by atoms with van der Waals surface area (Å²) >= 11 is 0. The van der Waals surface area contributed by atoms with Gasteiger partial charge in [0.25, 0.3) is 10.0 Å². The zero-order chi connectivity index (χ0) is 31.1. The van der Waals surface area contributed by atoms with Crippen LogP contribution in [0.25, 0.3) is 0 Å². The Morgan fingerprint density at radius 1 is 1.12 bits per heavy atom. The first-order valence-corrected chi connectivity index (χ1v) is 15.4. The summed E-state index contributed by atoms with van der Waals surface area (Å²) in [4.78, 5) is 29.6. The van der Waals surface area contributed by atoms with Crippen molar-refractivity contribution < 1.29 is 32.6 Å². The highest BCUT2D eigenvalue weighted by atomic mass is 32.2. The number of methoxy groups -OCH3 is 1. The number of fused-ring (bicyclic) bond motifs is 1. The number of nitrogens with zero attached hydrogens (tertiary/aromatic N) is 2. The van der Waals surface area contributed by atoms with E-state index in [1.807, 2.05) is 25.1 Å². The van der Waals surface area contributed by atoms with E-state index >= 15 is 0 Å². The average Bonchev–Trinajstić information content (AvgIpc) is 3.04. The molecule has 0 spiro atoms. The Morgan fingerprint density at radius 2 is 1.81 bits per heavy atom. The summed E-state index contributed by atoms with van der Waals surface area (Å²) in [6.07, 6.45) is -0.590. The number of ether oxygens (including phenoxy) is 2. The van der Waals surface area contributed by atoms with Gasteiger partial charge in [-0.25, -0.2) is 13.2 Å². The van der Waals surface area contributed by atoms with Crippen LogP contribution in [0.1, 0.15) is 19.4 Å². The monoisotopic (exact) mass is 610 g/mol. The Bertz CT molecular complexity index is 1520. The Kier molecular flexibility index (Phi) is 10.1. The summed E-state index contributed by atoms with van der Waals surface area (Å²) in [5, 5.41) is 12.7. The molecule has 230 valence electrons. The van der Waals surface area contributed by atoms with Crippen molar-refractivity contribution in [1.82, 2.24) is 9.80 Å². The van der Waals surface area contributed by atoms with Gasteiger partial charge in [-0.2, -0.15) is 0 Å². The number of carbonyl (C=O) groups excluding carboxylic acids is 2. The van der Waals surface area contributed by atoms with E-state index in [1.165, 1.54) is 24.1 Å². The first-order valence-electron chi connectivity index (χ1n) is 13.9. The lowest BCUT2D eigenvalue weighted by Crippen LogP contribution is -2.48. The predicted molar refractivity (Wildman–Crippen MR) is 164 cm³/mol. The smallest absolute Gasteiger partial charge is 0.321 e. The minimum absolute atomic E-state index is 0.0535. The minimum Gasteiger partial charge on any atom is -0.497 e. The largest absolute Gasteiger partial charge is 0.497 e. The third-order valence-corrected chi connectivity index (χ3v) is 8.76. The Labute approximate surface area is 252 Å². The maximum Gasteiger partial charge on any atom is 0.321 e. The number of sulfonamides is 1.